The quantitative estimate of drug-likeness (QED) is 0.379. The third-order valence-corrected chi connectivity index (χ3v) is 3.44. The summed E-state index contributed by atoms with van der Waals surface area (Å²) < 4.78 is 11.3. The molecular formula is C16H28O3. The van der Waals surface area contributed by atoms with Gasteiger partial charge in [0.2, 0.25) is 0 Å². The summed E-state index contributed by atoms with van der Waals surface area (Å²) in [5.74, 6) is 0. The fourth-order valence-corrected chi connectivity index (χ4v) is 2.51. The summed E-state index contributed by atoms with van der Waals surface area (Å²) in [6.07, 6.45) is 10.7. The van der Waals surface area contributed by atoms with Crippen molar-refractivity contribution in [3.8, 4) is 0 Å². The first kappa shape index (κ1) is 16.4. The number of unbranched alkanes of at least 4 members (excludes halogenated alkanes) is 3. The molecule has 3 heteroatoms. The van der Waals surface area contributed by atoms with E-state index in [9.17, 15) is 4.79 Å². The number of allylic oxidation sites excluding steroid dienone is 2. The third-order valence-electron chi connectivity index (χ3n) is 3.44. The smallest absolute Gasteiger partial charge is 0.155 e. The Kier molecular flexibility index (Phi) is 7.99. The summed E-state index contributed by atoms with van der Waals surface area (Å²) in [7, 11) is 0. The van der Waals surface area contributed by atoms with E-state index >= 15 is 0 Å². The van der Waals surface area contributed by atoms with Crippen LogP contribution in [0.15, 0.2) is 11.6 Å². The lowest BCUT2D eigenvalue weighted by molar-refractivity contribution is -0.234. The number of rotatable bonds is 8. The van der Waals surface area contributed by atoms with Crippen molar-refractivity contribution in [2.75, 3.05) is 0 Å². The van der Waals surface area contributed by atoms with Gasteiger partial charge in [0.15, 0.2) is 6.29 Å². The van der Waals surface area contributed by atoms with E-state index < -0.39 is 0 Å². The Labute approximate surface area is 117 Å². The first-order valence-corrected chi connectivity index (χ1v) is 7.49. The van der Waals surface area contributed by atoms with Crippen LogP contribution in [0.4, 0.5) is 0 Å². The maximum absolute atomic E-state index is 10.5. The molecule has 1 fully saturated rings. The molecule has 0 spiro atoms. The molecule has 0 radical (unpaired) electrons. The fraction of sp³-hybridized carbons (Fsp3) is 0.812. The number of hydrogen-bond donors (Lipinski definition) is 0. The lowest BCUT2D eigenvalue weighted by Crippen LogP contribution is -2.36. The molecule has 110 valence electrons. The summed E-state index contributed by atoms with van der Waals surface area (Å²) in [5.41, 5.74) is 1.40. The number of aldehydes is 1. The Balaban J connectivity index is 2.14. The molecule has 1 aliphatic rings. The van der Waals surface area contributed by atoms with Gasteiger partial charge in [-0.1, -0.05) is 24.5 Å². The van der Waals surface area contributed by atoms with Gasteiger partial charge >= 0.3 is 0 Å². The van der Waals surface area contributed by atoms with Crippen molar-refractivity contribution in [1.82, 2.24) is 0 Å². The van der Waals surface area contributed by atoms with Gasteiger partial charge in [0.05, 0.1) is 12.2 Å². The van der Waals surface area contributed by atoms with Crippen LogP contribution >= 0.6 is 0 Å². The Morgan fingerprint density at radius 2 is 1.89 bits per heavy atom. The number of hydrogen-bond acceptors (Lipinski definition) is 3. The highest BCUT2D eigenvalue weighted by atomic mass is 16.7. The van der Waals surface area contributed by atoms with E-state index in [1.807, 2.05) is 6.92 Å². The molecule has 0 amide bonds. The molecule has 0 bridgehead atoms. The van der Waals surface area contributed by atoms with Gasteiger partial charge in [-0.05, 0) is 40.0 Å². The molecule has 3 atom stereocenters. The van der Waals surface area contributed by atoms with Gasteiger partial charge in [-0.3, -0.25) is 0 Å². The van der Waals surface area contributed by atoms with E-state index in [4.69, 9.17) is 9.47 Å². The maximum Gasteiger partial charge on any atom is 0.155 e. The van der Waals surface area contributed by atoms with Crippen LogP contribution in [0.3, 0.4) is 0 Å². The first-order chi connectivity index (χ1) is 9.11. The van der Waals surface area contributed by atoms with Crippen LogP contribution in [-0.2, 0) is 14.3 Å². The highest BCUT2D eigenvalue weighted by Crippen LogP contribution is 2.23. The Morgan fingerprint density at radius 1 is 1.16 bits per heavy atom. The Hall–Kier alpha value is -0.670. The standard InChI is InChI=1S/C16H28O3/c1-13(2)8-6-4-5-7-9-15-12-16(10-11-17)19-14(3)18-15/h8,11,14-16H,4-7,9-10,12H2,1-3H3/t14-,15-,16+/m1/s1. The van der Waals surface area contributed by atoms with Crippen LogP contribution in [-0.4, -0.2) is 24.8 Å². The summed E-state index contributed by atoms with van der Waals surface area (Å²) in [5, 5.41) is 0. The summed E-state index contributed by atoms with van der Waals surface area (Å²) >= 11 is 0. The molecule has 1 saturated heterocycles. The van der Waals surface area contributed by atoms with E-state index in [1.54, 1.807) is 0 Å². The second kappa shape index (κ2) is 9.27. The van der Waals surface area contributed by atoms with Crippen LogP contribution in [0.25, 0.3) is 0 Å². The Bertz CT molecular complexity index is 282. The molecule has 1 aliphatic heterocycles. The summed E-state index contributed by atoms with van der Waals surface area (Å²) in [6, 6.07) is 0. The van der Waals surface area contributed by atoms with E-state index in [0.717, 1.165) is 19.1 Å². The lowest BCUT2D eigenvalue weighted by Gasteiger charge is -2.33. The van der Waals surface area contributed by atoms with Gasteiger partial charge in [0, 0.05) is 12.8 Å². The minimum atomic E-state index is -0.172. The molecule has 0 aromatic carbocycles. The SMILES string of the molecule is CC(C)=CCCCCC[C@@H]1C[C@H](CC=O)O[C@H](C)O1. The first-order valence-electron chi connectivity index (χ1n) is 7.49. The molecule has 0 N–H and O–H groups in total. The van der Waals surface area contributed by atoms with Crippen LogP contribution in [0.1, 0.15) is 65.7 Å². The van der Waals surface area contributed by atoms with Crippen LogP contribution < -0.4 is 0 Å². The number of ether oxygens (including phenoxy) is 2. The maximum atomic E-state index is 10.5. The van der Waals surface area contributed by atoms with Gasteiger partial charge in [-0.25, -0.2) is 0 Å². The summed E-state index contributed by atoms with van der Waals surface area (Å²) in [6.45, 7) is 6.20. The molecule has 0 unspecified atom stereocenters. The van der Waals surface area contributed by atoms with Crippen molar-refractivity contribution >= 4 is 6.29 Å². The van der Waals surface area contributed by atoms with Gasteiger partial charge in [-0.2, -0.15) is 0 Å². The number of carbonyl (C=O) groups is 1. The van der Waals surface area contributed by atoms with Crippen molar-refractivity contribution in [2.45, 2.75) is 84.2 Å². The topological polar surface area (TPSA) is 35.5 Å². The number of carbonyl (C=O) groups excluding carboxylic acids is 1. The van der Waals surface area contributed by atoms with Crippen molar-refractivity contribution in [3.05, 3.63) is 11.6 Å². The highest BCUT2D eigenvalue weighted by molar-refractivity contribution is 5.50. The van der Waals surface area contributed by atoms with Gasteiger partial charge < -0.3 is 14.3 Å². The Morgan fingerprint density at radius 3 is 2.58 bits per heavy atom. The predicted octanol–water partition coefficient (Wildman–Crippen LogP) is 4.01. The average Bonchev–Trinajstić information content (AvgIpc) is 2.33. The zero-order valence-corrected chi connectivity index (χ0v) is 12.6. The van der Waals surface area contributed by atoms with Crippen molar-refractivity contribution in [3.63, 3.8) is 0 Å². The van der Waals surface area contributed by atoms with Crippen molar-refractivity contribution < 1.29 is 14.3 Å². The average molecular weight is 268 g/mol. The third kappa shape index (κ3) is 7.48. The second-order valence-corrected chi connectivity index (χ2v) is 5.64. The predicted molar refractivity (Wildman–Crippen MR) is 77.0 cm³/mol. The molecule has 0 saturated carbocycles. The van der Waals surface area contributed by atoms with Crippen LogP contribution in [0, 0.1) is 0 Å². The molecule has 0 aromatic heterocycles. The zero-order chi connectivity index (χ0) is 14.1. The fourth-order valence-electron chi connectivity index (χ4n) is 2.51. The van der Waals surface area contributed by atoms with Crippen molar-refractivity contribution in [1.29, 1.82) is 0 Å². The monoisotopic (exact) mass is 268 g/mol. The molecule has 1 heterocycles. The summed E-state index contributed by atoms with van der Waals surface area (Å²) in [4.78, 5) is 10.5. The molecule has 0 aliphatic carbocycles. The van der Waals surface area contributed by atoms with E-state index in [1.165, 1.54) is 31.3 Å². The molecule has 0 aromatic rings. The molecule has 19 heavy (non-hydrogen) atoms. The zero-order valence-electron chi connectivity index (χ0n) is 12.6. The molecule has 3 nitrogen and oxygen atoms in total. The van der Waals surface area contributed by atoms with Crippen molar-refractivity contribution in [2.24, 2.45) is 0 Å². The molecular weight excluding hydrogens is 240 g/mol. The van der Waals surface area contributed by atoms with Gasteiger partial charge in [0.25, 0.3) is 0 Å². The van der Waals surface area contributed by atoms with Crippen LogP contribution in [0.2, 0.25) is 0 Å². The van der Waals surface area contributed by atoms with Crippen LogP contribution in [0.5, 0.6) is 0 Å². The van der Waals surface area contributed by atoms with E-state index in [0.29, 0.717) is 6.42 Å². The van der Waals surface area contributed by atoms with E-state index in [-0.39, 0.29) is 18.5 Å². The minimum absolute atomic E-state index is 0.0527. The highest BCUT2D eigenvalue weighted by Gasteiger charge is 2.26. The van der Waals surface area contributed by atoms with Gasteiger partial charge in [-0.15, -0.1) is 0 Å². The van der Waals surface area contributed by atoms with Gasteiger partial charge in [0.1, 0.15) is 6.29 Å². The normalized spacial score (nSPS) is 27.0. The minimum Gasteiger partial charge on any atom is -0.350 e. The second-order valence-electron chi connectivity index (χ2n) is 5.64. The van der Waals surface area contributed by atoms with E-state index in [2.05, 4.69) is 19.9 Å². The molecule has 1 rings (SSSR count). The largest absolute Gasteiger partial charge is 0.350 e. The lowest BCUT2D eigenvalue weighted by atomic mass is 10.0.